The minimum Gasteiger partial charge on any atom is -0.460 e. The van der Waals surface area contributed by atoms with E-state index in [0.29, 0.717) is 31.6 Å². The number of ketones is 1. The van der Waals surface area contributed by atoms with Gasteiger partial charge in [0.05, 0.1) is 30.4 Å². The first-order chi connectivity index (χ1) is 34.5. The van der Waals surface area contributed by atoms with Crippen molar-refractivity contribution in [1.29, 1.82) is 0 Å². The van der Waals surface area contributed by atoms with Crippen molar-refractivity contribution in [3.05, 3.63) is 215 Å². The monoisotopic (exact) mass is 1100 g/mol. The zero-order valence-electron chi connectivity index (χ0n) is 42.1. The fourth-order valence-electron chi connectivity index (χ4n) is 7.62. The van der Waals surface area contributed by atoms with Crippen LogP contribution >= 0.6 is 31.9 Å². The second-order valence-electron chi connectivity index (χ2n) is 19.0. The van der Waals surface area contributed by atoms with Crippen LogP contribution in [0, 0.1) is 5.92 Å². The van der Waals surface area contributed by atoms with E-state index in [0.717, 1.165) is 49.8 Å². The largest absolute Gasteiger partial charge is 0.460 e. The average molecular weight is 1100 g/mol. The molecule has 72 heavy (non-hydrogen) atoms. The van der Waals surface area contributed by atoms with Gasteiger partial charge >= 0.3 is 18.0 Å². The fraction of sp³-hybridized carbons (Fsp3) is 0.300. The lowest BCUT2D eigenvalue weighted by Gasteiger charge is -2.29. The number of carbonyl (C=O) groups is 4. The Kier molecular flexibility index (Phi) is 22.3. The van der Waals surface area contributed by atoms with Crippen molar-refractivity contribution in [2.75, 3.05) is 30.3 Å². The molecule has 1 aliphatic rings. The van der Waals surface area contributed by atoms with Crippen LogP contribution in [-0.4, -0.2) is 92.6 Å². The SMILES string of the molecule is BrCCBr.CC(C)(C)OC(=O)[C@@H](Cc1ccccc1)N1CCN(N=C(c2ccccc2)c2ccccc2)C1=O.CC(C)(C)OC(=O)[C@H](CC(=O)CN=C(c1ccccc1)c1ccccc1)Cc1ccccc1. The number of alkyl halides is 2. The summed E-state index contributed by atoms with van der Waals surface area (Å²) in [5.74, 6) is -1.40. The summed E-state index contributed by atoms with van der Waals surface area (Å²) in [6.07, 6.45) is 0.920. The van der Waals surface area contributed by atoms with Crippen LogP contribution in [0.15, 0.2) is 192 Å². The first kappa shape index (κ1) is 56.4. The van der Waals surface area contributed by atoms with Gasteiger partial charge in [0.2, 0.25) is 0 Å². The topological polar surface area (TPSA) is 118 Å². The third-order valence-corrected chi connectivity index (χ3v) is 12.6. The summed E-state index contributed by atoms with van der Waals surface area (Å²) >= 11 is 6.40. The molecule has 0 spiro atoms. The van der Waals surface area contributed by atoms with Crippen LogP contribution in [0.2, 0.25) is 0 Å². The number of hydrogen-bond donors (Lipinski definition) is 0. The average Bonchev–Trinajstić information content (AvgIpc) is 3.74. The summed E-state index contributed by atoms with van der Waals surface area (Å²) in [6, 6.07) is 57.6. The molecule has 0 N–H and O–H groups in total. The second kappa shape index (κ2) is 28.5. The fourth-order valence-corrected chi connectivity index (χ4v) is 7.62. The summed E-state index contributed by atoms with van der Waals surface area (Å²) in [5, 5.41) is 8.33. The molecule has 0 radical (unpaired) electrons. The zero-order chi connectivity index (χ0) is 51.9. The van der Waals surface area contributed by atoms with Crippen LogP contribution in [0.3, 0.4) is 0 Å². The molecule has 6 aromatic rings. The number of ether oxygens (including phenoxy) is 2. The first-order valence-corrected chi connectivity index (χ1v) is 26.4. The summed E-state index contributed by atoms with van der Waals surface area (Å²) in [5.41, 5.74) is 5.90. The summed E-state index contributed by atoms with van der Waals surface area (Å²) in [4.78, 5) is 58.8. The van der Waals surface area contributed by atoms with Gasteiger partial charge in [0.15, 0.2) is 5.78 Å². The molecule has 6 aromatic carbocycles. The minimum absolute atomic E-state index is 0.00715. The van der Waals surface area contributed by atoms with E-state index in [2.05, 4.69) is 36.9 Å². The number of aliphatic imine (C=N–C) groups is 1. The molecule has 0 saturated carbocycles. The van der Waals surface area contributed by atoms with Gasteiger partial charge in [-0.25, -0.2) is 14.6 Å². The Morgan fingerprint density at radius 2 is 0.903 bits per heavy atom. The van der Waals surface area contributed by atoms with E-state index in [1.165, 1.54) is 5.01 Å². The van der Waals surface area contributed by atoms with Crippen molar-refractivity contribution in [3.63, 3.8) is 0 Å². The van der Waals surface area contributed by atoms with E-state index >= 15 is 0 Å². The van der Waals surface area contributed by atoms with E-state index in [1.807, 2.05) is 224 Å². The molecule has 1 heterocycles. The predicted molar refractivity (Wildman–Crippen MR) is 297 cm³/mol. The van der Waals surface area contributed by atoms with E-state index < -0.39 is 29.1 Å². The predicted octanol–water partition coefficient (Wildman–Crippen LogP) is 12.6. The van der Waals surface area contributed by atoms with Gasteiger partial charge in [-0.2, -0.15) is 5.10 Å². The molecule has 1 fully saturated rings. The lowest BCUT2D eigenvalue weighted by Crippen LogP contribution is -2.47. The van der Waals surface area contributed by atoms with Crippen LogP contribution in [0.5, 0.6) is 0 Å². The zero-order valence-corrected chi connectivity index (χ0v) is 45.3. The third kappa shape index (κ3) is 18.9. The summed E-state index contributed by atoms with van der Waals surface area (Å²) in [6.45, 7) is 11.8. The number of rotatable bonds is 17. The highest BCUT2D eigenvalue weighted by molar-refractivity contribution is 9.11. The highest BCUT2D eigenvalue weighted by Gasteiger charge is 2.40. The Hall–Kier alpha value is -6.50. The standard InChI is InChI=1S/C29H31N3O3.C29H31NO3.C2H4Br2/c1-29(2,3)35-27(33)25(21-22-13-7-4-8-14-22)31-19-20-32(28(31)34)30-26(23-15-9-5-10-16-23)24-17-11-6-12-18-24;1-29(2,3)33-28(32)25(19-22-13-7-4-8-14-22)20-26(31)21-30-27(23-15-9-5-10-16-23)24-17-11-6-12-18-24;3-1-2-4/h4-18,25H,19-21H2,1-3H3;4-18,25H,19-21H2,1-3H3;1-2H2/t2*25-;/m10./s1. The van der Waals surface area contributed by atoms with Crippen molar-refractivity contribution < 1.29 is 28.7 Å². The Morgan fingerprint density at radius 3 is 1.31 bits per heavy atom. The Bertz CT molecular complexity index is 2570. The number of hydrogen-bond acceptors (Lipinski definition) is 8. The smallest absolute Gasteiger partial charge is 0.341 e. The van der Waals surface area contributed by atoms with Crippen LogP contribution < -0.4 is 0 Å². The van der Waals surface area contributed by atoms with Crippen molar-refractivity contribution in [1.82, 2.24) is 9.91 Å². The van der Waals surface area contributed by atoms with Gasteiger partial charge in [0.25, 0.3) is 0 Å². The van der Waals surface area contributed by atoms with E-state index in [1.54, 1.807) is 4.90 Å². The van der Waals surface area contributed by atoms with Gasteiger partial charge in [-0.05, 0) is 59.1 Å². The number of halogens is 2. The van der Waals surface area contributed by atoms with Crippen molar-refractivity contribution in [2.24, 2.45) is 16.0 Å². The molecule has 2 amide bonds. The molecule has 1 aliphatic heterocycles. The highest BCUT2D eigenvalue weighted by Crippen LogP contribution is 2.23. The maximum Gasteiger partial charge on any atom is 0.341 e. The van der Waals surface area contributed by atoms with Crippen LogP contribution in [-0.2, 0) is 36.7 Å². The van der Waals surface area contributed by atoms with Gasteiger partial charge in [0, 0.05) is 52.3 Å². The molecule has 1 saturated heterocycles. The third-order valence-electron chi connectivity index (χ3n) is 10.8. The number of esters is 2. The van der Waals surface area contributed by atoms with Gasteiger partial charge in [0.1, 0.15) is 17.2 Å². The van der Waals surface area contributed by atoms with Crippen molar-refractivity contribution in [3.8, 4) is 0 Å². The summed E-state index contributed by atoms with van der Waals surface area (Å²) < 4.78 is 11.3. The maximum absolute atomic E-state index is 13.5. The molecule has 7 rings (SSSR count). The van der Waals surface area contributed by atoms with Gasteiger partial charge in [-0.15, -0.1) is 0 Å². The number of nitrogens with zero attached hydrogens (tertiary/aromatic N) is 4. The first-order valence-electron chi connectivity index (χ1n) is 24.1. The molecule has 0 bridgehead atoms. The Morgan fingerprint density at radius 1 is 0.528 bits per heavy atom. The second-order valence-corrected chi connectivity index (χ2v) is 20.5. The lowest BCUT2D eigenvalue weighted by atomic mass is 9.94. The minimum atomic E-state index is -0.735. The molecule has 0 aliphatic carbocycles. The van der Waals surface area contributed by atoms with E-state index in [4.69, 9.17) is 14.6 Å². The number of hydrazone groups is 1. The number of amides is 2. The highest BCUT2D eigenvalue weighted by atomic mass is 79.9. The molecule has 0 aromatic heterocycles. The number of benzene rings is 6. The van der Waals surface area contributed by atoms with Crippen molar-refractivity contribution >= 4 is 67.0 Å². The van der Waals surface area contributed by atoms with Crippen LogP contribution in [0.1, 0.15) is 81.3 Å². The normalized spacial score (nSPS) is 13.0. The van der Waals surface area contributed by atoms with Crippen LogP contribution in [0.25, 0.3) is 0 Å². The van der Waals surface area contributed by atoms with Crippen molar-refractivity contribution in [2.45, 2.75) is 78.0 Å². The molecule has 376 valence electrons. The molecule has 10 nitrogen and oxygen atoms in total. The van der Waals surface area contributed by atoms with E-state index in [9.17, 15) is 19.2 Å². The number of Topliss-reactive ketones (excluding diaryl/α,β-unsaturated/α-hetero) is 1. The number of urea groups is 1. The molecular weight excluding hydrogens is 1030 g/mol. The quantitative estimate of drug-likeness (QED) is 0.0510. The van der Waals surface area contributed by atoms with Gasteiger partial charge < -0.3 is 14.4 Å². The van der Waals surface area contributed by atoms with E-state index in [-0.39, 0.29) is 30.7 Å². The summed E-state index contributed by atoms with van der Waals surface area (Å²) in [7, 11) is 0. The van der Waals surface area contributed by atoms with Crippen LogP contribution in [0.4, 0.5) is 4.79 Å². The van der Waals surface area contributed by atoms with Gasteiger partial charge in [-0.1, -0.05) is 214 Å². The van der Waals surface area contributed by atoms with Gasteiger partial charge in [-0.3, -0.25) is 14.6 Å². The molecular formula is C60H66Br2N4O6. The number of carbonyl (C=O) groups excluding carboxylic acids is 4. The Labute approximate surface area is 442 Å². The maximum atomic E-state index is 13.5. The Balaban J connectivity index is 0.000000249. The molecule has 0 unspecified atom stereocenters. The lowest BCUT2D eigenvalue weighted by molar-refractivity contribution is -0.161. The molecule has 2 atom stereocenters. The molecule has 12 heteroatoms.